The summed E-state index contributed by atoms with van der Waals surface area (Å²) in [7, 11) is 1.48. The van der Waals surface area contributed by atoms with E-state index < -0.39 is 6.10 Å². The van der Waals surface area contributed by atoms with Gasteiger partial charge in [0.25, 0.3) is 5.91 Å². The lowest BCUT2D eigenvalue weighted by Gasteiger charge is -2.13. The number of methoxy groups -OCH3 is 1. The number of aromatic nitrogens is 2. The van der Waals surface area contributed by atoms with Crippen LogP contribution in [0.1, 0.15) is 22.9 Å². The van der Waals surface area contributed by atoms with Gasteiger partial charge in [0.15, 0.2) is 11.3 Å². The smallest absolute Gasteiger partial charge is 0.273 e. The lowest BCUT2D eigenvalue weighted by molar-refractivity contribution is -0.131. The Morgan fingerprint density at radius 3 is 2.44 bits per heavy atom. The van der Waals surface area contributed by atoms with Gasteiger partial charge >= 0.3 is 0 Å². The lowest BCUT2D eigenvalue weighted by Crippen LogP contribution is -2.26. The van der Waals surface area contributed by atoms with Crippen molar-refractivity contribution in [3.05, 3.63) is 82.6 Å². The van der Waals surface area contributed by atoms with Crippen LogP contribution in [-0.4, -0.2) is 29.0 Å². The second-order valence-electron chi connectivity index (χ2n) is 5.80. The number of amides is 1. The van der Waals surface area contributed by atoms with Crippen molar-refractivity contribution < 1.29 is 9.53 Å². The molecule has 0 unspecified atom stereocenters. The van der Waals surface area contributed by atoms with E-state index in [1.807, 2.05) is 67.6 Å². The predicted molar refractivity (Wildman–Crippen MR) is 105 cm³/mol. The molecule has 0 spiro atoms. The van der Waals surface area contributed by atoms with Crippen molar-refractivity contribution in [2.45, 2.75) is 13.0 Å². The van der Waals surface area contributed by atoms with Crippen LogP contribution in [0.3, 0.4) is 0 Å². The first kappa shape index (κ1) is 18.8. The predicted octanol–water partition coefficient (Wildman–Crippen LogP) is 3.67. The van der Waals surface area contributed by atoms with Crippen LogP contribution in [0.2, 0.25) is 5.15 Å². The fraction of sp³-hybridized carbons (Fsp3) is 0.150. The average Bonchev–Trinajstić information content (AvgIpc) is 2.98. The Morgan fingerprint density at radius 1 is 1.19 bits per heavy atom. The van der Waals surface area contributed by atoms with Gasteiger partial charge in [0.1, 0.15) is 0 Å². The Bertz CT molecular complexity index is 939. The number of hydrogen-bond acceptors (Lipinski definition) is 4. The van der Waals surface area contributed by atoms with Gasteiger partial charge in [-0.2, -0.15) is 10.2 Å². The zero-order valence-electron chi connectivity index (χ0n) is 15.0. The van der Waals surface area contributed by atoms with Crippen LogP contribution in [0.4, 0.5) is 0 Å². The van der Waals surface area contributed by atoms with Gasteiger partial charge in [0.05, 0.1) is 23.2 Å². The number of halogens is 1. The number of benzene rings is 2. The van der Waals surface area contributed by atoms with E-state index in [1.54, 1.807) is 4.68 Å². The molecule has 27 heavy (non-hydrogen) atoms. The largest absolute Gasteiger partial charge is 0.367 e. The average molecular weight is 383 g/mol. The minimum atomic E-state index is -0.744. The molecular formula is C20H19ClN4O2. The Balaban J connectivity index is 1.75. The molecule has 1 N–H and O–H groups in total. The maximum absolute atomic E-state index is 12.4. The molecule has 0 saturated heterocycles. The van der Waals surface area contributed by atoms with E-state index >= 15 is 0 Å². The maximum Gasteiger partial charge on any atom is 0.273 e. The van der Waals surface area contributed by atoms with E-state index in [-0.39, 0.29) is 5.91 Å². The molecule has 1 heterocycles. The Labute approximate surface area is 162 Å². The van der Waals surface area contributed by atoms with Crippen LogP contribution >= 0.6 is 11.6 Å². The summed E-state index contributed by atoms with van der Waals surface area (Å²) in [4.78, 5) is 12.4. The fourth-order valence-electron chi connectivity index (χ4n) is 2.69. The number of hydrazone groups is 1. The van der Waals surface area contributed by atoms with Gasteiger partial charge in [-0.1, -0.05) is 60.1 Å². The van der Waals surface area contributed by atoms with E-state index in [4.69, 9.17) is 16.3 Å². The molecule has 0 bridgehead atoms. The molecule has 1 amide bonds. The molecule has 7 heteroatoms. The van der Waals surface area contributed by atoms with Gasteiger partial charge in [-0.15, -0.1) is 0 Å². The quantitative estimate of drug-likeness (QED) is 0.522. The molecule has 3 rings (SSSR count). The van der Waals surface area contributed by atoms with Gasteiger partial charge in [-0.3, -0.25) is 4.79 Å². The summed E-state index contributed by atoms with van der Waals surface area (Å²) < 4.78 is 7.01. The summed E-state index contributed by atoms with van der Waals surface area (Å²) in [6.07, 6.45) is 0.742. The summed E-state index contributed by atoms with van der Waals surface area (Å²) in [5.74, 6) is -0.371. The highest BCUT2D eigenvalue weighted by molar-refractivity contribution is 6.32. The van der Waals surface area contributed by atoms with Gasteiger partial charge in [-0.05, 0) is 24.6 Å². The van der Waals surface area contributed by atoms with Crippen molar-refractivity contribution in [2.24, 2.45) is 5.10 Å². The number of rotatable bonds is 6. The van der Waals surface area contributed by atoms with Gasteiger partial charge in [0, 0.05) is 7.11 Å². The molecule has 2 aromatic carbocycles. The molecule has 138 valence electrons. The van der Waals surface area contributed by atoms with Crippen molar-refractivity contribution in [3.8, 4) is 5.69 Å². The zero-order valence-corrected chi connectivity index (χ0v) is 15.7. The number of para-hydroxylation sites is 1. The minimum Gasteiger partial charge on any atom is -0.367 e. The number of carbonyl (C=O) groups is 1. The van der Waals surface area contributed by atoms with Gasteiger partial charge in [-0.25, -0.2) is 10.1 Å². The summed E-state index contributed by atoms with van der Waals surface area (Å²) in [6, 6.07) is 18.9. The highest BCUT2D eigenvalue weighted by Gasteiger charge is 2.19. The van der Waals surface area contributed by atoms with Crippen LogP contribution in [0.25, 0.3) is 5.69 Å². The van der Waals surface area contributed by atoms with Crippen LogP contribution in [0, 0.1) is 6.92 Å². The van der Waals surface area contributed by atoms with Crippen molar-refractivity contribution in [1.29, 1.82) is 0 Å². The molecular weight excluding hydrogens is 364 g/mol. The molecule has 6 nitrogen and oxygen atoms in total. The molecule has 3 aromatic rings. The SMILES string of the molecule is CO[C@@H](C(=O)N/N=C\c1c(Cl)nn(-c2ccccc2)c1C)c1ccccc1. The number of nitrogens with zero attached hydrogens (tertiary/aromatic N) is 3. The molecule has 1 atom stereocenters. The van der Waals surface area contributed by atoms with Crippen LogP contribution < -0.4 is 5.43 Å². The Hall–Kier alpha value is -2.96. The molecule has 0 radical (unpaired) electrons. The first-order valence-electron chi connectivity index (χ1n) is 8.33. The first-order chi connectivity index (χ1) is 13.1. The first-order valence-corrected chi connectivity index (χ1v) is 8.71. The van der Waals surface area contributed by atoms with Gasteiger partial charge in [0.2, 0.25) is 0 Å². The third kappa shape index (κ3) is 4.24. The number of carbonyl (C=O) groups excluding carboxylic acids is 1. The van der Waals surface area contributed by atoms with E-state index in [2.05, 4.69) is 15.6 Å². The topological polar surface area (TPSA) is 68.5 Å². The monoisotopic (exact) mass is 382 g/mol. The summed E-state index contributed by atoms with van der Waals surface area (Å²) >= 11 is 6.24. The lowest BCUT2D eigenvalue weighted by atomic mass is 10.1. The van der Waals surface area contributed by atoms with Crippen LogP contribution in [-0.2, 0) is 9.53 Å². The fourth-order valence-corrected chi connectivity index (χ4v) is 2.95. The molecule has 0 aliphatic carbocycles. The van der Waals surface area contributed by atoms with E-state index in [0.717, 1.165) is 16.9 Å². The summed E-state index contributed by atoms with van der Waals surface area (Å²) in [5.41, 5.74) is 5.58. The molecule has 0 fully saturated rings. The van der Waals surface area contributed by atoms with Crippen molar-refractivity contribution >= 4 is 23.7 Å². The van der Waals surface area contributed by atoms with Crippen molar-refractivity contribution in [2.75, 3.05) is 7.11 Å². The van der Waals surface area contributed by atoms with E-state index in [0.29, 0.717) is 10.7 Å². The zero-order chi connectivity index (χ0) is 19.2. The third-order valence-electron chi connectivity index (χ3n) is 4.06. The Kier molecular flexibility index (Phi) is 6.01. The van der Waals surface area contributed by atoms with Crippen molar-refractivity contribution in [3.63, 3.8) is 0 Å². The Morgan fingerprint density at radius 2 is 1.81 bits per heavy atom. The molecule has 0 saturated carbocycles. The second kappa shape index (κ2) is 8.62. The molecule has 1 aromatic heterocycles. The summed E-state index contributed by atoms with van der Waals surface area (Å²) in [5, 5.41) is 8.66. The highest BCUT2D eigenvalue weighted by Crippen LogP contribution is 2.20. The standard InChI is InChI=1S/C20H19ClN4O2/c1-14-17(19(21)24-25(14)16-11-7-4-8-12-16)13-22-23-20(26)18(27-2)15-9-5-3-6-10-15/h3-13,18H,1-2H3,(H,23,26)/b22-13-/t18-/m1/s1. The van der Waals surface area contributed by atoms with E-state index in [9.17, 15) is 4.79 Å². The van der Waals surface area contributed by atoms with Crippen LogP contribution in [0.5, 0.6) is 0 Å². The van der Waals surface area contributed by atoms with Gasteiger partial charge < -0.3 is 4.74 Å². The number of hydrogen-bond donors (Lipinski definition) is 1. The van der Waals surface area contributed by atoms with E-state index in [1.165, 1.54) is 13.3 Å². The third-order valence-corrected chi connectivity index (χ3v) is 4.34. The highest BCUT2D eigenvalue weighted by atomic mass is 35.5. The number of nitrogens with one attached hydrogen (secondary N) is 1. The molecule has 0 aliphatic rings. The molecule has 0 aliphatic heterocycles. The minimum absolute atomic E-state index is 0.306. The van der Waals surface area contributed by atoms with Crippen LogP contribution in [0.15, 0.2) is 65.8 Å². The summed E-state index contributed by atoms with van der Waals surface area (Å²) in [6.45, 7) is 1.89. The number of ether oxygens (including phenoxy) is 1. The maximum atomic E-state index is 12.4. The van der Waals surface area contributed by atoms with Crippen molar-refractivity contribution in [1.82, 2.24) is 15.2 Å². The second-order valence-corrected chi connectivity index (χ2v) is 6.16. The normalized spacial score (nSPS) is 12.3.